The third kappa shape index (κ3) is 1.67. The summed E-state index contributed by atoms with van der Waals surface area (Å²) in [4.78, 5) is 14.2. The summed E-state index contributed by atoms with van der Waals surface area (Å²) in [6.07, 6.45) is 4.75. The zero-order valence-corrected chi connectivity index (χ0v) is 5.88. The van der Waals surface area contributed by atoms with Gasteiger partial charge in [0.05, 0.1) is 0 Å². The molecule has 4 nitrogen and oxygen atoms in total. The molecule has 0 unspecified atom stereocenters. The summed E-state index contributed by atoms with van der Waals surface area (Å²) in [5, 5.41) is 2.36. The van der Waals surface area contributed by atoms with Crippen molar-refractivity contribution in [2.75, 3.05) is 0 Å². The third-order valence-electron chi connectivity index (χ3n) is 1.92. The van der Waals surface area contributed by atoms with E-state index in [-0.39, 0.29) is 0 Å². The second kappa shape index (κ2) is 2.96. The minimum Gasteiger partial charge on any atom is -0.342 e. The van der Waals surface area contributed by atoms with Gasteiger partial charge in [-0.05, 0) is 12.8 Å². The molecular formula is C6H12N2O2. The molecule has 0 amide bonds. The summed E-state index contributed by atoms with van der Waals surface area (Å²) in [5.41, 5.74) is 4.90. The molecule has 1 aliphatic carbocycles. The second-order valence-corrected chi connectivity index (χ2v) is 2.79. The number of nitrogens with two attached hydrogens (primary N) is 1. The van der Waals surface area contributed by atoms with E-state index < -0.39 is 5.72 Å². The highest BCUT2D eigenvalue weighted by atomic mass is 16.7. The van der Waals surface area contributed by atoms with Crippen LogP contribution in [0.5, 0.6) is 0 Å². The molecule has 58 valence electrons. The van der Waals surface area contributed by atoms with Crippen LogP contribution in [0.1, 0.15) is 32.1 Å². The summed E-state index contributed by atoms with van der Waals surface area (Å²) in [7, 11) is 0. The van der Waals surface area contributed by atoms with Crippen LogP contribution in [0.4, 0.5) is 0 Å². The molecular weight excluding hydrogens is 132 g/mol. The van der Waals surface area contributed by atoms with E-state index in [2.05, 4.69) is 10.2 Å². The minimum atomic E-state index is -0.750. The van der Waals surface area contributed by atoms with Gasteiger partial charge in [0.2, 0.25) is 0 Å². The molecule has 0 radical (unpaired) electrons. The normalized spacial score (nSPS) is 23.7. The molecule has 1 aliphatic rings. The summed E-state index contributed by atoms with van der Waals surface area (Å²) in [6.45, 7) is 0. The molecule has 10 heavy (non-hydrogen) atoms. The first-order valence-electron chi connectivity index (χ1n) is 3.57. The molecule has 0 aliphatic heterocycles. The lowest BCUT2D eigenvalue weighted by Gasteiger charge is -2.28. The van der Waals surface area contributed by atoms with E-state index in [9.17, 15) is 4.91 Å². The van der Waals surface area contributed by atoms with Crippen LogP contribution in [0.2, 0.25) is 0 Å². The Morgan fingerprint density at radius 2 is 1.90 bits per heavy atom. The molecule has 0 aromatic rings. The zero-order chi connectivity index (χ0) is 7.45. The van der Waals surface area contributed by atoms with Gasteiger partial charge in [-0.3, -0.25) is 5.73 Å². The highest BCUT2D eigenvalue weighted by molar-refractivity contribution is 4.76. The Labute approximate surface area is 59.7 Å². The molecule has 0 saturated heterocycles. The van der Waals surface area contributed by atoms with Crippen molar-refractivity contribution in [1.29, 1.82) is 0 Å². The predicted octanol–water partition coefficient (Wildman–Crippen LogP) is 1.30. The quantitative estimate of drug-likeness (QED) is 0.361. The highest BCUT2D eigenvalue weighted by Crippen LogP contribution is 2.26. The number of rotatable bonds is 2. The van der Waals surface area contributed by atoms with Gasteiger partial charge in [0.25, 0.3) is 0 Å². The monoisotopic (exact) mass is 144 g/mol. The molecule has 0 heterocycles. The van der Waals surface area contributed by atoms with E-state index in [1.165, 1.54) is 6.42 Å². The lowest BCUT2D eigenvalue weighted by atomic mass is 9.93. The van der Waals surface area contributed by atoms with Gasteiger partial charge in [0, 0.05) is 12.8 Å². The van der Waals surface area contributed by atoms with E-state index >= 15 is 0 Å². The Morgan fingerprint density at radius 1 is 1.30 bits per heavy atom. The summed E-state index contributed by atoms with van der Waals surface area (Å²) >= 11 is 0. The van der Waals surface area contributed by atoms with Crippen molar-refractivity contribution in [2.45, 2.75) is 37.8 Å². The average Bonchev–Trinajstić information content (AvgIpc) is 1.89. The van der Waals surface area contributed by atoms with E-state index in [0.717, 1.165) is 25.7 Å². The van der Waals surface area contributed by atoms with Crippen LogP contribution in [0.25, 0.3) is 0 Å². The molecule has 0 spiro atoms. The van der Waals surface area contributed by atoms with Gasteiger partial charge in [0.1, 0.15) is 0 Å². The summed E-state index contributed by atoms with van der Waals surface area (Å²) in [5.74, 6) is 0. The first kappa shape index (κ1) is 7.47. The van der Waals surface area contributed by atoms with Crippen molar-refractivity contribution in [3.8, 4) is 0 Å². The van der Waals surface area contributed by atoms with Crippen molar-refractivity contribution in [3.05, 3.63) is 4.91 Å². The van der Waals surface area contributed by atoms with Crippen LogP contribution in [0.3, 0.4) is 0 Å². The smallest absolute Gasteiger partial charge is 0.189 e. The third-order valence-corrected chi connectivity index (χ3v) is 1.92. The standard InChI is InChI=1S/C6H12N2O2/c7-6(10-8-9)4-2-1-3-5-6/h1-5,7H2. The first-order chi connectivity index (χ1) is 4.77. The molecule has 0 aromatic carbocycles. The predicted molar refractivity (Wildman–Crippen MR) is 36.9 cm³/mol. The Kier molecular flexibility index (Phi) is 2.21. The Hall–Kier alpha value is -0.640. The molecule has 2 N–H and O–H groups in total. The fraction of sp³-hybridized carbons (Fsp3) is 1.00. The maximum absolute atomic E-state index is 9.73. The van der Waals surface area contributed by atoms with Crippen molar-refractivity contribution in [1.82, 2.24) is 0 Å². The molecule has 1 fully saturated rings. The van der Waals surface area contributed by atoms with Crippen molar-refractivity contribution >= 4 is 0 Å². The van der Waals surface area contributed by atoms with Gasteiger partial charge in [-0.2, -0.15) is 0 Å². The van der Waals surface area contributed by atoms with Gasteiger partial charge in [-0.25, -0.2) is 0 Å². The van der Waals surface area contributed by atoms with Gasteiger partial charge in [0.15, 0.2) is 11.1 Å². The van der Waals surface area contributed by atoms with Crippen molar-refractivity contribution < 1.29 is 4.84 Å². The lowest BCUT2D eigenvalue weighted by molar-refractivity contribution is -0.0663. The van der Waals surface area contributed by atoms with Gasteiger partial charge in [-0.1, -0.05) is 6.42 Å². The van der Waals surface area contributed by atoms with Crippen LogP contribution in [0.15, 0.2) is 5.34 Å². The van der Waals surface area contributed by atoms with Crippen LogP contribution in [0, 0.1) is 4.91 Å². The first-order valence-corrected chi connectivity index (χ1v) is 3.57. The van der Waals surface area contributed by atoms with Gasteiger partial charge in [-0.15, -0.1) is 4.91 Å². The van der Waals surface area contributed by atoms with Gasteiger partial charge >= 0.3 is 0 Å². The number of hydrogen-bond acceptors (Lipinski definition) is 4. The fourth-order valence-electron chi connectivity index (χ4n) is 1.32. The Morgan fingerprint density at radius 3 is 2.40 bits per heavy atom. The average molecular weight is 144 g/mol. The second-order valence-electron chi connectivity index (χ2n) is 2.79. The molecule has 1 rings (SSSR count). The molecule has 0 bridgehead atoms. The molecule has 1 saturated carbocycles. The van der Waals surface area contributed by atoms with Crippen molar-refractivity contribution in [3.63, 3.8) is 0 Å². The molecule has 0 atom stereocenters. The topological polar surface area (TPSA) is 64.7 Å². The van der Waals surface area contributed by atoms with Crippen molar-refractivity contribution in [2.24, 2.45) is 11.1 Å². The minimum absolute atomic E-state index is 0.749. The number of hydrogen-bond donors (Lipinski definition) is 1. The zero-order valence-electron chi connectivity index (χ0n) is 5.88. The van der Waals surface area contributed by atoms with Crippen LogP contribution in [-0.4, -0.2) is 5.72 Å². The summed E-state index contributed by atoms with van der Waals surface area (Å²) in [6, 6.07) is 0. The Bertz CT molecular complexity index is 121. The van der Waals surface area contributed by atoms with E-state index in [1.54, 1.807) is 0 Å². The van der Waals surface area contributed by atoms with E-state index in [1.807, 2.05) is 0 Å². The lowest BCUT2D eigenvalue weighted by Crippen LogP contribution is -2.42. The largest absolute Gasteiger partial charge is 0.342 e. The number of nitrogens with zero attached hydrogens (tertiary/aromatic N) is 1. The molecule has 4 heteroatoms. The summed E-state index contributed by atoms with van der Waals surface area (Å²) < 4.78 is 0. The van der Waals surface area contributed by atoms with E-state index in [0.29, 0.717) is 0 Å². The van der Waals surface area contributed by atoms with Crippen LogP contribution < -0.4 is 5.73 Å². The Balaban J connectivity index is 2.39. The SMILES string of the molecule is NC1(ON=O)CCCCC1. The van der Waals surface area contributed by atoms with Crippen LogP contribution in [-0.2, 0) is 4.84 Å². The van der Waals surface area contributed by atoms with Crippen LogP contribution >= 0.6 is 0 Å². The fourth-order valence-corrected chi connectivity index (χ4v) is 1.32. The maximum atomic E-state index is 9.73. The maximum Gasteiger partial charge on any atom is 0.189 e. The molecule has 0 aromatic heterocycles. The van der Waals surface area contributed by atoms with E-state index in [4.69, 9.17) is 5.73 Å². The van der Waals surface area contributed by atoms with Gasteiger partial charge < -0.3 is 4.84 Å². The highest BCUT2D eigenvalue weighted by Gasteiger charge is 2.29.